The Morgan fingerprint density at radius 2 is 2.13 bits per heavy atom. The van der Waals surface area contributed by atoms with Crippen LogP contribution in [0.25, 0.3) is 0 Å². The number of aliphatic hydroxyl groups is 1. The summed E-state index contributed by atoms with van der Waals surface area (Å²) in [7, 11) is 0. The van der Waals surface area contributed by atoms with Crippen LogP contribution >= 0.6 is 0 Å². The number of hydrogen-bond donors (Lipinski definition) is 1. The van der Waals surface area contributed by atoms with Crippen LogP contribution in [0.5, 0.6) is 0 Å². The van der Waals surface area contributed by atoms with E-state index in [1.807, 2.05) is 0 Å². The second-order valence-corrected chi connectivity index (χ2v) is 5.05. The Bertz CT molecular complexity index is 186. The van der Waals surface area contributed by atoms with Crippen molar-refractivity contribution < 1.29 is 5.11 Å². The first-order valence-corrected chi connectivity index (χ1v) is 6.57. The van der Waals surface area contributed by atoms with E-state index >= 15 is 0 Å². The Morgan fingerprint density at radius 3 is 2.73 bits per heavy atom. The molecule has 0 spiro atoms. The molecule has 15 heavy (non-hydrogen) atoms. The van der Waals surface area contributed by atoms with Gasteiger partial charge in [-0.15, -0.1) is 0 Å². The molecule has 0 heterocycles. The summed E-state index contributed by atoms with van der Waals surface area (Å²) in [5.41, 5.74) is 0. The Labute approximate surface area is 94.6 Å². The first-order chi connectivity index (χ1) is 7.24. The highest BCUT2D eigenvalue weighted by Gasteiger charge is 2.21. The molecular weight excluding hydrogens is 184 g/mol. The molecule has 0 aromatic heterocycles. The molecule has 1 unspecified atom stereocenters. The Balaban J connectivity index is 2.10. The quantitative estimate of drug-likeness (QED) is 0.659. The summed E-state index contributed by atoms with van der Waals surface area (Å²) in [5.74, 6) is 1.82. The van der Waals surface area contributed by atoms with Crippen LogP contribution in [0.1, 0.15) is 58.8 Å². The minimum atomic E-state index is -0.118. The van der Waals surface area contributed by atoms with Crippen molar-refractivity contribution in [3.05, 3.63) is 12.2 Å². The summed E-state index contributed by atoms with van der Waals surface area (Å²) in [4.78, 5) is 0. The van der Waals surface area contributed by atoms with Crippen LogP contribution < -0.4 is 0 Å². The molecule has 1 rings (SSSR count). The number of hydrogen-bond acceptors (Lipinski definition) is 1. The number of aliphatic hydroxyl groups excluding tert-OH is 1. The minimum Gasteiger partial charge on any atom is -0.393 e. The molecule has 0 aromatic rings. The maximum absolute atomic E-state index is 9.54. The van der Waals surface area contributed by atoms with Gasteiger partial charge < -0.3 is 5.11 Å². The molecule has 1 saturated carbocycles. The normalized spacial score (nSPS) is 28.7. The van der Waals surface area contributed by atoms with Crippen molar-refractivity contribution in [2.75, 3.05) is 0 Å². The van der Waals surface area contributed by atoms with Crippen LogP contribution in [0.3, 0.4) is 0 Å². The van der Waals surface area contributed by atoms with E-state index in [1.54, 1.807) is 0 Å². The lowest BCUT2D eigenvalue weighted by Crippen LogP contribution is -2.04. The molecule has 1 heteroatoms. The van der Waals surface area contributed by atoms with Gasteiger partial charge in [0.1, 0.15) is 0 Å². The van der Waals surface area contributed by atoms with Gasteiger partial charge in [0.2, 0.25) is 0 Å². The Kier molecular flexibility index (Phi) is 6.00. The van der Waals surface area contributed by atoms with Crippen molar-refractivity contribution in [2.24, 2.45) is 11.8 Å². The zero-order valence-corrected chi connectivity index (χ0v) is 10.3. The number of rotatable bonds is 6. The standard InChI is InChI=1S/C14H26O/c1-3-7-14(15)11-5-4-9-13-10-6-8-12(13)2/h4-5,12-15H,3,6-11H2,1-2H3/b5-4+/t12-,13-,14?/m1/s1. The second-order valence-electron chi connectivity index (χ2n) is 5.05. The van der Waals surface area contributed by atoms with Gasteiger partial charge in [-0.3, -0.25) is 0 Å². The smallest absolute Gasteiger partial charge is 0.0574 e. The van der Waals surface area contributed by atoms with Crippen molar-refractivity contribution in [3.8, 4) is 0 Å². The zero-order valence-electron chi connectivity index (χ0n) is 10.3. The predicted octanol–water partition coefficient (Wildman–Crippen LogP) is 3.92. The fourth-order valence-electron chi connectivity index (χ4n) is 2.55. The topological polar surface area (TPSA) is 20.2 Å². The lowest BCUT2D eigenvalue weighted by atomic mass is 9.94. The van der Waals surface area contributed by atoms with E-state index in [0.29, 0.717) is 0 Å². The minimum absolute atomic E-state index is 0.118. The van der Waals surface area contributed by atoms with Crippen molar-refractivity contribution in [2.45, 2.75) is 64.9 Å². The molecule has 0 saturated heterocycles. The van der Waals surface area contributed by atoms with E-state index in [0.717, 1.165) is 31.1 Å². The zero-order chi connectivity index (χ0) is 11.1. The van der Waals surface area contributed by atoms with Crippen LogP contribution in [0.4, 0.5) is 0 Å². The van der Waals surface area contributed by atoms with E-state index in [1.165, 1.54) is 25.7 Å². The Morgan fingerprint density at radius 1 is 1.33 bits per heavy atom. The highest BCUT2D eigenvalue weighted by molar-refractivity contribution is 4.88. The molecular formula is C14H26O. The largest absolute Gasteiger partial charge is 0.393 e. The molecule has 1 fully saturated rings. The van der Waals surface area contributed by atoms with Gasteiger partial charge in [0.25, 0.3) is 0 Å². The molecule has 1 aliphatic rings. The summed E-state index contributed by atoms with van der Waals surface area (Å²) in [6.07, 6.45) is 12.6. The molecule has 0 bridgehead atoms. The molecule has 1 N–H and O–H groups in total. The van der Waals surface area contributed by atoms with Crippen LogP contribution in [-0.2, 0) is 0 Å². The van der Waals surface area contributed by atoms with E-state index in [9.17, 15) is 5.11 Å². The summed E-state index contributed by atoms with van der Waals surface area (Å²) >= 11 is 0. The van der Waals surface area contributed by atoms with Crippen LogP contribution in [0, 0.1) is 11.8 Å². The third kappa shape index (κ3) is 4.83. The molecule has 0 amide bonds. The average molecular weight is 210 g/mol. The van der Waals surface area contributed by atoms with E-state index in [-0.39, 0.29) is 6.10 Å². The van der Waals surface area contributed by atoms with E-state index < -0.39 is 0 Å². The van der Waals surface area contributed by atoms with Crippen molar-refractivity contribution in [1.29, 1.82) is 0 Å². The van der Waals surface area contributed by atoms with Crippen molar-refractivity contribution >= 4 is 0 Å². The highest BCUT2D eigenvalue weighted by atomic mass is 16.3. The highest BCUT2D eigenvalue weighted by Crippen LogP contribution is 2.33. The van der Waals surface area contributed by atoms with Gasteiger partial charge in [0, 0.05) is 0 Å². The van der Waals surface area contributed by atoms with Gasteiger partial charge >= 0.3 is 0 Å². The molecule has 0 aliphatic heterocycles. The summed E-state index contributed by atoms with van der Waals surface area (Å²) in [6.45, 7) is 4.49. The van der Waals surface area contributed by atoms with Crippen LogP contribution in [-0.4, -0.2) is 11.2 Å². The molecule has 1 aliphatic carbocycles. The van der Waals surface area contributed by atoms with Gasteiger partial charge in [0.15, 0.2) is 0 Å². The van der Waals surface area contributed by atoms with Gasteiger partial charge in [-0.25, -0.2) is 0 Å². The first kappa shape index (κ1) is 12.8. The fraction of sp³-hybridized carbons (Fsp3) is 0.857. The van der Waals surface area contributed by atoms with Crippen molar-refractivity contribution in [1.82, 2.24) is 0 Å². The fourth-order valence-corrected chi connectivity index (χ4v) is 2.55. The Hall–Kier alpha value is -0.300. The lowest BCUT2D eigenvalue weighted by Gasteiger charge is -2.12. The molecule has 3 atom stereocenters. The van der Waals surface area contributed by atoms with Gasteiger partial charge in [-0.2, -0.15) is 0 Å². The monoisotopic (exact) mass is 210 g/mol. The summed E-state index contributed by atoms with van der Waals surface area (Å²) in [5, 5.41) is 9.54. The third-order valence-corrected chi connectivity index (χ3v) is 3.67. The second kappa shape index (κ2) is 7.05. The van der Waals surface area contributed by atoms with Gasteiger partial charge in [-0.05, 0) is 37.5 Å². The van der Waals surface area contributed by atoms with Gasteiger partial charge in [-0.1, -0.05) is 45.3 Å². The maximum Gasteiger partial charge on any atom is 0.0574 e. The van der Waals surface area contributed by atoms with Gasteiger partial charge in [0.05, 0.1) is 6.10 Å². The SMILES string of the molecule is CCCC(O)C/C=C/C[C@@H]1CCC[C@H]1C. The van der Waals surface area contributed by atoms with Crippen LogP contribution in [0.15, 0.2) is 12.2 Å². The summed E-state index contributed by atoms with van der Waals surface area (Å²) < 4.78 is 0. The number of allylic oxidation sites excluding steroid dienone is 1. The summed E-state index contributed by atoms with van der Waals surface area (Å²) in [6, 6.07) is 0. The van der Waals surface area contributed by atoms with Crippen LogP contribution in [0.2, 0.25) is 0 Å². The average Bonchev–Trinajstić information content (AvgIpc) is 2.60. The van der Waals surface area contributed by atoms with E-state index in [2.05, 4.69) is 26.0 Å². The molecule has 1 nitrogen and oxygen atoms in total. The predicted molar refractivity (Wildman–Crippen MR) is 65.8 cm³/mol. The third-order valence-electron chi connectivity index (χ3n) is 3.67. The molecule has 88 valence electrons. The maximum atomic E-state index is 9.54. The molecule has 0 aromatic carbocycles. The van der Waals surface area contributed by atoms with Crippen molar-refractivity contribution in [3.63, 3.8) is 0 Å². The first-order valence-electron chi connectivity index (χ1n) is 6.57. The van der Waals surface area contributed by atoms with E-state index in [4.69, 9.17) is 0 Å². The molecule has 0 radical (unpaired) electrons. The lowest BCUT2D eigenvalue weighted by molar-refractivity contribution is 0.166.